The van der Waals surface area contributed by atoms with Crippen LogP contribution >= 0.6 is 50.1 Å². The quantitative estimate of drug-likeness (QED) is 0.566. The third-order valence-electron chi connectivity index (χ3n) is 2.99. The summed E-state index contributed by atoms with van der Waals surface area (Å²) in [4.78, 5) is 0. The highest BCUT2D eigenvalue weighted by Gasteiger charge is 2.15. The first-order valence-corrected chi connectivity index (χ1v) is 8.83. The molecule has 0 aliphatic heterocycles. The van der Waals surface area contributed by atoms with Crippen molar-refractivity contribution in [1.29, 1.82) is 0 Å². The molecule has 0 fully saturated rings. The van der Waals surface area contributed by atoms with Gasteiger partial charge in [-0.1, -0.05) is 24.6 Å². The van der Waals surface area contributed by atoms with Crippen molar-refractivity contribution < 1.29 is 9.84 Å². The fourth-order valence-corrected chi connectivity index (χ4v) is 3.24. The van der Waals surface area contributed by atoms with Crippen molar-refractivity contribution in [2.75, 3.05) is 6.61 Å². The van der Waals surface area contributed by atoms with E-state index in [-0.39, 0.29) is 0 Å². The molecule has 0 aliphatic carbocycles. The van der Waals surface area contributed by atoms with Crippen LogP contribution in [0.1, 0.15) is 30.6 Å². The predicted octanol–water partition coefficient (Wildman–Crippen LogP) is 5.58. The maximum Gasteiger partial charge on any atom is 0.133 e. The Hall–Kier alpha value is -0.300. The lowest BCUT2D eigenvalue weighted by Crippen LogP contribution is -2.03. The molecule has 5 heteroatoms. The van der Waals surface area contributed by atoms with Crippen LogP contribution < -0.4 is 4.74 Å². The first kappa shape index (κ1) is 17.1. The average Bonchev–Trinajstić information content (AvgIpc) is 2.47. The van der Waals surface area contributed by atoms with Crippen LogP contribution in [0.25, 0.3) is 0 Å². The van der Waals surface area contributed by atoms with Gasteiger partial charge >= 0.3 is 0 Å². The molecule has 1 atom stereocenters. The summed E-state index contributed by atoms with van der Waals surface area (Å²) in [6.45, 7) is 2.74. The Morgan fingerprint density at radius 2 is 2.05 bits per heavy atom. The normalized spacial score (nSPS) is 12.2. The number of halogens is 3. The molecule has 1 unspecified atom stereocenters. The summed E-state index contributed by atoms with van der Waals surface area (Å²) in [5.74, 6) is 0.786. The Morgan fingerprint density at radius 1 is 1.29 bits per heavy atom. The SMILES string of the molecule is CCCOc1ccc(C(O)c2cc(Cl)ccc2I)cc1Br. The van der Waals surface area contributed by atoms with Crippen molar-refractivity contribution in [1.82, 2.24) is 0 Å². The third kappa shape index (κ3) is 4.34. The predicted molar refractivity (Wildman–Crippen MR) is 98.2 cm³/mol. The van der Waals surface area contributed by atoms with Crippen LogP contribution in [0.2, 0.25) is 5.02 Å². The molecule has 21 heavy (non-hydrogen) atoms. The monoisotopic (exact) mass is 480 g/mol. The van der Waals surface area contributed by atoms with Crippen molar-refractivity contribution in [2.45, 2.75) is 19.4 Å². The van der Waals surface area contributed by atoms with Gasteiger partial charge in [-0.2, -0.15) is 0 Å². The topological polar surface area (TPSA) is 29.5 Å². The van der Waals surface area contributed by atoms with Gasteiger partial charge in [0.15, 0.2) is 0 Å². The second-order valence-corrected chi connectivity index (χ2v) is 7.06. The number of aliphatic hydroxyl groups is 1. The fourth-order valence-electron chi connectivity index (χ4n) is 1.92. The van der Waals surface area contributed by atoms with E-state index in [1.807, 2.05) is 30.3 Å². The second-order valence-electron chi connectivity index (χ2n) is 4.61. The largest absolute Gasteiger partial charge is 0.492 e. The van der Waals surface area contributed by atoms with Gasteiger partial charge in [-0.25, -0.2) is 0 Å². The van der Waals surface area contributed by atoms with Gasteiger partial charge in [-0.05, 0) is 86.4 Å². The molecule has 2 aromatic carbocycles. The highest BCUT2D eigenvalue weighted by atomic mass is 127. The van der Waals surface area contributed by atoms with Gasteiger partial charge in [-0.3, -0.25) is 0 Å². The Kier molecular flexibility index (Phi) is 6.34. The van der Waals surface area contributed by atoms with Gasteiger partial charge in [-0.15, -0.1) is 0 Å². The highest BCUT2D eigenvalue weighted by Crippen LogP contribution is 2.33. The summed E-state index contributed by atoms with van der Waals surface area (Å²) in [5.41, 5.74) is 1.60. The van der Waals surface area contributed by atoms with Crippen LogP contribution in [0, 0.1) is 3.57 Å². The zero-order valence-electron chi connectivity index (χ0n) is 11.4. The molecule has 0 spiro atoms. The van der Waals surface area contributed by atoms with Gasteiger partial charge in [0.1, 0.15) is 11.9 Å². The average molecular weight is 482 g/mol. The van der Waals surface area contributed by atoms with Crippen molar-refractivity contribution in [3.05, 3.63) is 60.6 Å². The molecule has 0 amide bonds. The summed E-state index contributed by atoms with van der Waals surface area (Å²) in [5, 5.41) is 11.2. The fraction of sp³-hybridized carbons (Fsp3) is 0.250. The first-order valence-electron chi connectivity index (χ1n) is 6.58. The summed E-state index contributed by atoms with van der Waals surface area (Å²) in [6, 6.07) is 11.1. The lowest BCUT2D eigenvalue weighted by molar-refractivity contribution is 0.219. The lowest BCUT2D eigenvalue weighted by atomic mass is 10.0. The Bertz CT molecular complexity index is 634. The standard InChI is InChI=1S/C16H15BrClIO2/c1-2-7-21-15-6-3-10(8-13(15)17)16(20)12-9-11(18)4-5-14(12)19/h3-6,8-9,16,20H,2,7H2,1H3. The van der Waals surface area contributed by atoms with Gasteiger partial charge in [0.05, 0.1) is 11.1 Å². The van der Waals surface area contributed by atoms with Gasteiger partial charge < -0.3 is 9.84 Å². The van der Waals surface area contributed by atoms with Crippen LogP contribution in [0.15, 0.2) is 40.9 Å². The number of rotatable bonds is 5. The van der Waals surface area contributed by atoms with Crippen LogP contribution in [-0.2, 0) is 0 Å². The van der Waals surface area contributed by atoms with E-state index in [1.165, 1.54) is 0 Å². The van der Waals surface area contributed by atoms with Crippen LogP contribution in [-0.4, -0.2) is 11.7 Å². The molecule has 0 heterocycles. The lowest BCUT2D eigenvalue weighted by Gasteiger charge is -2.15. The number of hydrogen-bond donors (Lipinski definition) is 1. The minimum absolute atomic E-state index is 0.617. The van der Waals surface area contributed by atoms with Gasteiger partial charge in [0, 0.05) is 8.59 Å². The molecule has 0 bridgehead atoms. The van der Waals surface area contributed by atoms with Crippen molar-refractivity contribution in [3.63, 3.8) is 0 Å². The molecule has 0 aromatic heterocycles. The number of aliphatic hydroxyl groups excluding tert-OH is 1. The van der Waals surface area contributed by atoms with E-state index < -0.39 is 6.10 Å². The molecule has 0 saturated heterocycles. The molecule has 112 valence electrons. The Balaban J connectivity index is 2.29. The van der Waals surface area contributed by atoms with Crippen LogP contribution in [0.4, 0.5) is 0 Å². The molecule has 2 rings (SSSR count). The van der Waals surface area contributed by atoms with Crippen molar-refractivity contribution >= 4 is 50.1 Å². The second kappa shape index (κ2) is 7.81. The highest BCUT2D eigenvalue weighted by molar-refractivity contribution is 14.1. The smallest absolute Gasteiger partial charge is 0.133 e. The van der Waals surface area contributed by atoms with E-state index in [0.717, 1.165) is 31.3 Å². The van der Waals surface area contributed by atoms with E-state index in [2.05, 4.69) is 45.4 Å². The summed E-state index contributed by atoms with van der Waals surface area (Å²) >= 11 is 11.7. The first-order chi connectivity index (χ1) is 10.0. The van der Waals surface area contributed by atoms with E-state index >= 15 is 0 Å². The van der Waals surface area contributed by atoms with Crippen molar-refractivity contribution in [2.24, 2.45) is 0 Å². The molecular formula is C16H15BrClIO2. The minimum Gasteiger partial charge on any atom is -0.492 e. The zero-order valence-corrected chi connectivity index (χ0v) is 15.9. The molecule has 1 N–H and O–H groups in total. The summed E-state index contributed by atoms with van der Waals surface area (Å²) in [7, 11) is 0. The number of benzene rings is 2. The molecule has 0 saturated carbocycles. The van der Waals surface area contributed by atoms with E-state index in [0.29, 0.717) is 11.6 Å². The molecule has 2 aromatic rings. The van der Waals surface area contributed by atoms with E-state index in [1.54, 1.807) is 6.07 Å². The van der Waals surface area contributed by atoms with Crippen LogP contribution in [0.5, 0.6) is 5.75 Å². The van der Waals surface area contributed by atoms with E-state index in [4.69, 9.17) is 16.3 Å². The molecule has 0 aliphatic rings. The minimum atomic E-state index is -0.716. The van der Waals surface area contributed by atoms with Gasteiger partial charge in [0.2, 0.25) is 0 Å². The summed E-state index contributed by atoms with van der Waals surface area (Å²) < 4.78 is 7.43. The van der Waals surface area contributed by atoms with E-state index in [9.17, 15) is 5.11 Å². The zero-order chi connectivity index (χ0) is 15.4. The van der Waals surface area contributed by atoms with Crippen molar-refractivity contribution in [3.8, 4) is 5.75 Å². The van der Waals surface area contributed by atoms with Gasteiger partial charge in [0.25, 0.3) is 0 Å². The number of ether oxygens (including phenoxy) is 1. The number of hydrogen-bond acceptors (Lipinski definition) is 2. The summed E-state index contributed by atoms with van der Waals surface area (Å²) in [6.07, 6.45) is 0.240. The maximum atomic E-state index is 10.6. The third-order valence-corrected chi connectivity index (χ3v) is 4.82. The maximum absolute atomic E-state index is 10.6. The molecule has 0 radical (unpaired) electrons. The Labute approximate surface area is 151 Å². The molecular weight excluding hydrogens is 466 g/mol. The Morgan fingerprint density at radius 3 is 2.71 bits per heavy atom. The van der Waals surface area contributed by atoms with Crippen LogP contribution in [0.3, 0.4) is 0 Å². The molecule has 2 nitrogen and oxygen atoms in total.